The van der Waals surface area contributed by atoms with E-state index in [0.29, 0.717) is 13.0 Å². The van der Waals surface area contributed by atoms with Crippen molar-refractivity contribution in [2.24, 2.45) is 5.41 Å². The molecular weight excluding hydrogens is 242 g/mol. The molecule has 0 unspecified atom stereocenters. The summed E-state index contributed by atoms with van der Waals surface area (Å²) in [5.41, 5.74) is 0.0327. The Kier molecular flexibility index (Phi) is 10.9. The first-order valence-electron chi connectivity index (χ1n) is 7.61. The second-order valence-corrected chi connectivity index (χ2v) is 5.16. The van der Waals surface area contributed by atoms with Crippen molar-refractivity contribution >= 4 is 5.97 Å². The number of carbonyl (C=O) groups is 1. The maximum atomic E-state index is 11.1. The van der Waals surface area contributed by atoms with Crippen LogP contribution in [0.1, 0.15) is 59.3 Å². The first kappa shape index (κ1) is 18.4. The van der Waals surface area contributed by atoms with Crippen LogP contribution < -0.4 is 5.32 Å². The van der Waals surface area contributed by atoms with Crippen molar-refractivity contribution in [2.75, 3.05) is 26.3 Å². The van der Waals surface area contributed by atoms with Crippen LogP contribution in [-0.2, 0) is 9.53 Å². The van der Waals surface area contributed by atoms with Gasteiger partial charge in [-0.15, -0.1) is 0 Å². The van der Waals surface area contributed by atoms with Crippen LogP contribution in [0.5, 0.6) is 0 Å². The van der Waals surface area contributed by atoms with Gasteiger partial charge >= 0.3 is 5.97 Å². The Labute approximate surface area is 117 Å². The molecular formula is C15H31NO3. The Balaban J connectivity index is 3.52. The molecule has 114 valence electrons. The van der Waals surface area contributed by atoms with E-state index in [1.807, 2.05) is 6.92 Å². The highest BCUT2D eigenvalue weighted by Gasteiger charge is 2.24. The molecule has 0 spiro atoms. The zero-order chi connectivity index (χ0) is 14.6. The van der Waals surface area contributed by atoms with E-state index in [2.05, 4.69) is 19.2 Å². The van der Waals surface area contributed by atoms with Gasteiger partial charge in [0.05, 0.1) is 6.61 Å². The number of carbonyl (C=O) groups excluding carboxylic acids is 1. The number of unbranched alkanes of at least 4 members (excludes halogenated alkanes) is 2. The Hall–Kier alpha value is -0.610. The predicted molar refractivity (Wildman–Crippen MR) is 78.1 cm³/mol. The molecule has 0 aliphatic carbocycles. The van der Waals surface area contributed by atoms with Gasteiger partial charge in [0.15, 0.2) is 0 Å². The first-order valence-corrected chi connectivity index (χ1v) is 7.61. The van der Waals surface area contributed by atoms with E-state index in [1.165, 1.54) is 0 Å². The number of esters is 1. The van der Waals surface area contributed by atoms with Gasteiger partial charge in [-0.05, 0) is 39.2 Å². The van der Waals surface area contributed by atoms with Crippen molar-refractivity contribution in [3.63, 3.8) is 0 Å². The van der Waals surface area contributed by atoms with Gasteiger partial charge in [0.1, 0.15) is 0 Å². The third kappa shape index (κ3) is 8.22. The average Bonchev–Trinajstić information content (AvgIpc) is 2.43. The number of ether oxygens (including phenoxy) is 1. The third-order valence-electron chi connectivity index (χ3n) is 3.88. The highest BCUT2D eigenvalue weighted by atomic mass is 16.5. The van der Waals surface area contributed by atoms with Crippen LogP contribution in [0, 0.1) is 5.41 Å². The van der Waals surface area contributed by atoms with Crippen LogP contribution in [0.15, 0.2) is 0 Å². The molecule has 0 rings (SSSR count). The largest absolute Gasteiger partial charge is 0.466 e. The SMILES string of the molecule is CCOC(=O)CCCCCNCC(CC)(CC)CO. The molecule has 0 aromatic rings. The van der Waals surface area contributed by atoms with Crippen molar-refractivity contribution in [3.8, 4) is 0 Å². The van der Waals surface area contributed by atoms with E-state index < -0.39 is 0 Å². The summed E-state index contributed by atoms with van der Waals surface area (Å²) in [6.45, 7) is 8.62. The summed E-state index contributed by atoms with van der Waals surface area (Å²) in [5.74, 6) is -0.0910. The number of rotatable bonds is 12. The second-order valence-electron chi connectivity index (χ2n) is 5.16. The lowest BCUT2D eigenvalue weighted by Crippen LogP contribution is -2.36. The van der Waals surface area contributed by atoms with Crippen LogP contribution in [0.4, 0.5) is 0 Å². The molecule has 0 atom stereocenters. The quantitative estimate of drug-likeness (QED) is 0.424. The first-order chi connectivity index (χ1) is 9.14. The van der Waals surface area contributed by atoms with Gasteiger partial charge in [0.2, 0.25) is 0 Å². The molecule has 0 saturated carbocycles. The fraction of sp³-hybridized carbons (Fsp3) is 0.933. The van der Waals surface area contributed by atoms with Crippen LogP contribution in [-0.4, -0.2) is 37.4 Å². The highest BCUT2D eigenvalue weighted by Crippen LogP contribution is 2.24. The molecule has 0 amide bonds. The maximum Gasteiger partial charge on any atom is 0.305 e. The van der Waals surface area contributed by atoms with Gasteiger partial charge in [0.25, 0.3) is 0 Å². The zero-order valence-corrected chi connectivity index (χ0v) is 12.8. The molecule has 0 bridgehead atoms. The molecule has 4 nitrogen and oxygen atoms in total. The fourth-order valence-corrected chi connectivity index (χ4v) is 2.06. The molecule has 0 fully saturated rings. The molecule has 0 aromatic carbocycles. The van der Waals surface area contributed by atoms with Crippen molar-refractivity contribution in [1.82, 2.24) is 5.32 Å². The van der Waals surface area contributed by atoms with Gasteiger partial charge in [-0.1, -0.05) is 20.3 Å². The van der Waals surface area contributed by atoms with Crippen molar-refractivity contribution in [3.05, 3.63) is 0 Å². The number of nitrogens with one attached hydrogen (secondary N) is 1. The summed E-state index contributed by atoms with van der Waals surface area (Å²) in [5, 5.41) is 12.9. The molecule has 0 aromatic heterocycles. The van der Waals surface area contributed by atoms with Crippen molar-refractivity contribution in [2.45, 2.75) is 59.3 Å². The molecule has 0 aliphatic heterocycles. The second kappa shape index (κ2) is 11.2. The van der Waals surface area contributed by atoms with Crippen LogP contribution in [0.3, 0.4) is 0 Å². The van der Waals surface area contributed by atoms with E-state index in [1.54, 1.807) is 0 Å². The standard InChI is InChI=1S/C15H31NO3/c1-4-15(5-2,13-17)12-16-11-9-7-8-10-14(18)19-6-3/h16-17H,4-13H2,1-3H3. The van der Waals surface area contributed by atoms with Crippen molar-refractivity contribution in [1.29, 1.82) is 0 Å². The van der Waals surface area contributed by atoms with E-state index in [0.717, 1.165) is 45.2 Å². The zero-order valence-electron chi connectivity index (χ0n) is 12.8. The van der Waals surface area contributed by atoms with E-state index in [9.17, 15) is 9.90 Å². The Bertz CT molecular complexity index is 219. The highest BCUT2D eigenvalue weighted by molar-refractivity contribution is 5.69. The topological polar surface area (TPSA) is 58.6 Å². The number of hydrogen-bond donors (Lipinski definition) is 2. The number of hydrogen-bond acceptors (Lipinski definition) is 4. The minimum Gasteiger partial charge on any atom is -0.466 e. The monoisotopic (exact) mass is 273 g/mol. The Morgan fingerprint density at radius 1 is 1.16 bits per heavy atom. The van der Waals surface area contributed by atoms with Crippen LogP contribution >= 0.6 is 0 Å². The van der Waals surface area contributed by atoms with E-state index in [-0.39, 0.29) is 18.0 Å². The molecule has 0 heterocycles. The molecule has 2 N–H and O–H groups in total. The minimum absolute atomic E-state index is 0.0327. The molecule has 4 heteroatoms. The lowest BCUT2D eigenvalue weighted by molar-refractivity contribution is -0.143. The molecule has 19 heavy (non-hydrogen) atoms. The van der Waals surface area contributed by atoms with Gasteiger partial charge < -0.3 is 15.2 Å². The summed E-state index contributed by atoms with van der Waals surface area (Å²) in [6.07, 6.45) is 5.52. The van der Waals surface area contributed by atoms with Gasteiger partial charge in [-0.3, -0.25) is 4.79 Å². The normalized spacial score (nSPS) is 11.6. The summed E-state index contributed by atoms with van der Waals surface area (Å²) >= 11 is 0. The average molecular weight is 273 g/mol. The van der Waals surface area contributed by atoms with E-state index >= 15 is 0 Å². The minimum atomic E-state index is -0.0910. The van der Waals surface area contributed by atoms with Gasteiger partial charge in [0, 0.05) is 25.0 Å². The number of aliphatic hydroxyl groups is 1. The smallest absolute Gasteiger partial charge is 0.305 e. The summed E-state index contributed by atoms with van der Waals surface area (Å²) < 4.78 is 4.88. The van der Waals surface area contributed by atoms with Gasteiger partial charge in [-0.25, -0.2) is 0 Å². The van der Waals surface area contributed by atoms with Crippen LogP contribution in [0.25, 0.3) is 0 Å². The summed E-state index contributed by atoms with van der Waals surface area (Å²) in [6, 6.07) is 0. The number of aliphatic hydroxyl groups excluding tert-OH is 1. The third-order valence-corrected chi connectivity index (χ3v) is 3.88. The van der Waals surface area contributed by atoms with Crippen LogP contribution in [0.2, 0.25) is 0 Å². The fourth-order valence-electron chi connectivity index (χ4n) is 2.06. The summed E-state index contributed by atoms with van der Waals surface area (Å²) in [7, 11) is 0. The van der Waals surface area contributed by atoms with Gasteiger partial charge in [-0.2, -0.15) is 0 Å². The Morgan fingerprint density at radius 3 is 2.37 bits per heavy atom. The van der Waals surface area contributed by atoms with E-state index in [4.69, 9.17) is 4.74 Å². The Morgan fingerprint density at radius 2 is 1.84 bits per heavy atom. The maximum absolute atomic E-state index is 11.1. The van der Waals surface area contributed by atoms with Crippen molar-refractivity contribution < 1.29 is 14.6 Å². The lowest BCUT2D eigenvalue weighted by atomic mass is 9.83. The summed E-state index contributed by atoms with van der Waals surface area (Å²) in [4.78, 5) is 11.1. The predicted octanol–water partition coefficient (Wildman–Crippen LogP) is 2.50. The lowest BCUT2D eigenvalue weighted by Gasteiger charge is -2.29. The molecule has 0 radical (unpaired) electrons. The molecule has 0 aliphatic rings. The molecule has 0 saturated heterocycles.